The van der Waals surface area contributed by atoms with Gasteiger partial charge >= 0.3 is 5.97 Å². The zero-order valence-corrected chi connectivity index (χ0v) is 26.6. The van der Waals surface area contributed by atoms with Gasteiger partial charge in [0.05, 0.1) is 6.04 Å². The largest absolute Gasteiger partial charge is 0.480 e. The number of carbonyl (C=O) groups is 5. The first-order valence-corrected chi connectivity index (χ1v) is 15.9. The van der Waals surface area contributed by atoms with Crippen LogP contribution in [0.15, 0.2) is 91.3 Å². The number of hydrogen-bond acceptors (Lipinski definition) is 6. The first-order valence-electron chi connectivity index (χ1n) is 15.9. The smallest absolute Gasteiger partial charge is 0.326 e. The van der Waals surface area contributed by atoms with Gasteiger partial charge in [-0.1, -0.05) is 66.7 Å². The van der Waals surface area contributed by atoms with Gasteiger partial charge in [-0.15, -0.1) is 0 Å². The highest BCUT2D eigenvalue weighted by Gasteiger charge is 2.32. The molecule has 0 aliphatic rings. The van der Waals surface area contributed by atoms with Gasteiger partial charge in [-0.2, -0.15) is 0 Å². The molecule has 4 amide bonds. The van der Waals surface area contributed by atoms with Crippen LogP contribution in [0.3, 0.4) is 0 Å². The Bertz CT molecular complexity index is 1950. The predicted octanol–water partition coefficient (Wildman–Crippen LogP) is 1.81. The Hall–Kier alpha value is -5.95. The topological polar surface area (TPSA) is 225 Å². The van der Waals surface area contributed by atoms with Crippen molar-refractivity contribution in [2.24, 2.45) is 11.5 Å². The maximum Gasteiger partial charge on any atom is 0.326 e. The van der Waals surface area contributed by atoms with Crippen LogP contribution in [0.25, 0.3) is 21.8 Å². The number of aromatic nitrogens is 2. The number of carboxylic acids is 1. The Labute approximate surface area is 281 Å². The molecule has 0 fully saturated rings. The maximum atomic E-state index is 14.1. The molecular weight excluding hydrogens is 626 g/mol. The van der Waals surface area contributed by atoms with Gasteiger partial charge in [0.15, 0.2) is 0 Å². The fraction of sp³-hybridized carbons (Fsp3) is 0.250. The summed E-state index contributed by atoms with van der Waals surface area (Å²) >= 11 is 0. The van der Waals surface area contributed by atoms with Crippen LogP contribution in [0.4, 0.5) is 0 Å². The molecule has 13 heteroatoms. The normalized spacial score (nSPS) is 13.7. The molecule has 254 valence electrons. The fourth-order valence-corrected chi connectivity index (χ4v) is 5.79. The van der Waals surface area contributed by atoms with Crippen LogP contribution in [0.1, 0.15) is 29.5 Å². The summed E-state index contributed by atoms with van der Waals surface area (Å²) in [4.78, 5) is 70.9. The lowest BCUT2D eigenvalue weighted by Gasteiger charge is -2.25. The van der Waals surface area contributed by atoms with Crippen molar-refractivity contribution in [3.8, 4) is 0 Å². The number of carbonyl (C=O) groups excluding carboxylic acids is 4. The van der Waals surface area contributed by atoms with E-state index in [1.807, 2.05) is 78.9 Å². The Morgan fingerprint density at radius 3 is 1.61 bits per heavy atom. The summed E-state index contributed by atoms with van der Waals surface area (Å²) in [6.45, 7) is 0. The molecule has 0 bridgehead atoms. The average Bonchev–Trinajstić information content (AvgIpc) is 3.70. The second-order valence-electron chi connectivity index (χ2n) is 12.0. The molecule has 4 unspecified atom stereocenters. The number of hydrogen-bond donors (Lipinski definition) is 8. The van der Waals surface area contributed by atoms with Gasteiger partial charge in [0.2, 0.25) is 23.6 Å². The van der Waals surface area contributed by atoms with Gasteiger partial charge in [0.25, 0.3) is 0 Å². The number of primary amides is 1. The second-order valence-corrected chi connectivity index (χ2v) is 12.0. The van der Waals surface area contributed by atoms with Crippen molar-refractivity contribution in [2.45, 2.75) is 56.3 Å². The molecular formula is C36H39N7O6. The number of aliphatic carboxylic acids is 1. The van der Waals surface area contributed by atoms with Crippen LogP contribution < -0.4 is 27.4 Å². The van der Waals surface area contributed by atoms with E-state index in [4.69, 9.17) is 11.5 Å². The van der Waals surface area contributed by atoms with Crippen LogP contribution in [0.5, 0.6) is 0 Å². The first kappa shape index (κ1) is 34.4. The Kier molecular flexibility index (Phi) is 11.1. The predicted molar refractivity (Wildman–Crippen MR) is 184 cm³/mol. The van der Waals surface area contributed by atoms with E-state index in [1.54, 1.807) is 12.4 Å². The van der Waals surface area contributed by atoms with E-state index >= 15 is 0 Å². The molecule has 0 aliphatic heterocycles. The molecule has 2 heterocycles. The van der Waals surface area contributed by atoms with Gasteiger partial charge in [0, 0.05) is 53.5 Å². The van der Waals surface area contributed by atoms with Crippen molar-refractivity contribution in [1.82, 2.24) is 25.9 Å². The third-order valence-corrected chi connectivity index (χ3v) is 8.39. The summed E-state index contributed by atoms with van der Waals surface area (Å²) in [7, 11) is 0. The second kappa shape index (κ2) is 15.8. The lowest BCUT2D eigenvalue weighted by atomic mass is 10.0. The summed E-state index contributed by atoms with van der Waals surface area (Å²) in [6.07, 6.45) is 3.27. The minimum atomic E-state index is -1.43. The molecule has 3 aromatic carbocycles. The molecule has 49 heavy (non-hydrogen) atoms. The van der Waals surface area contributed by atoms with Crippen molar-refractivity contribution >= 4 is 51.4 Å². The van der Waals surface area contributed by atoms with Gasteiger partial charge in [-0.3, -0.25) is 19.2 Å². The van der Waals surface area contributed by atoms with Crippen LogP contribution in [-0.4, -0.2) is 68.8 Å². The minimum Gasteiger partial charge on any atom is -0.480 e. The number of para-hydroxylation sites is 2. The van der Waals surface area contributed by atoms with E-state index < -0.39 is 53.8 Å². The number of rotatable bonds is 16. The summed E-state index contributed by atoms with van der Waals surface area (Å²) in [6, 6.07) is 19.4. The zero-order valence-electron chi connectivity index (χ0n) is 26.6. The number of fused-ring (bicyclic) bond motifs is 2. The first-order chi connectivity index (χ1) is 23.6. The number of benzene rings is 3. The summed E-state index contributed by atoms with van der Waals surface area (Å²) in [5.74, 6) is -4.09. The molecule has 0 spiro atoms. The van der Waals surface area contributed by atoms with E-state index in [0.29, 0.717) is 5.56 Å². The van der Waals surface area contributed by atoms with Crippen molar-refractivity contribution < 1.29 is 29.1 Å². The van der Waals surface area contributed by atoms with E-state index in [0.717, 1.165) is 32.9 Å². The van der Waals surface area contributed by atoms with Crippen LogP contribution in [0, 0.1) is 0 Å². The quantitative estimate of drug-likeness (QED) is 0.0779. The van der Waals surface area contributed by atoms with E-state index in [9.17, 15) is 29.1 Å². The summed E-state index contributed by atoms with van der Waals surface area (Å²) in [5.41, 5.74) is 15.5. The number of H-pyrrole nitrogens is 2. The van der Waals surface area contributed by atoms with Gasteiger partial charge in [0.1, 0.15) is 18.1 Å². The number of carboxylic acid groups (broad SMARTS) is 1. The third-order valence-electron chi connectivity index (χ3n) is 8.39. The number of nitrogens with one attached hydrogen (secondary N) is 5. The molecule has 2 aromatic heterocycles. The Balaban J connectivity index is 1.42. The molecule has 0 saturated heterocycles. The van der Waals surface area contributed by atoms with Gasteiger partial charge in [-0.25, -0.2) is 4.79 Å². The van der Waals surface area contributed by atoms with E-state index in [2.05, 4.69) is 25.9 Å². The molecule has 0 radical (unpaired) electrons. The number of aromatic amines is 2. The number of amides is 4. The highest BCUT2D eigenvalue weighted by atomic mass is 16.4. The highest BCUT2D eigenvalue weighted by Crippen LogP contribution is 2.21. The average molecular weight is 666 g/mol. The molecule has 10 N–H and O–H groups in total. The molecule has 4 atom stereocenters. The molecule has 0 saturated carbocycles. The Morgan fingerprint density at radius 2 is 1.10 bits per heavy atom. The molecule has 0 aliphatic carbocycles. The maximum absolute atomic E-state index is 14.1. The van der Waals surface area contributed by atoms with E-state index in [-0.39, 0.29) is 32.1 Å². The van der Waals surface area contributed by atoms with Crippen LogP contribution >= 0.6 is 0 Å². The minimum absolute atomic E-state index is 0.00891. The Morgan fingerprint density at radius 1 is 0.633 bits per heavy atom. The summed E-state index contributed by atoms with van der Waals surface area (Å²) < 4.78 is 0. The van der Waals surface area contributed by atoms with Crippen molar-refractivity contribution in [1.29, 1.82) is 0 Å². The molecule has 5 aromatic rings. The molecule has 13 nitrogen and oxygen atoms in total. The van der Waals surface area contributed by atoms with Crippen LogP contribution in [-0.2, 0) is 43.2 Å². The molecule has 5 rings (SSSR count). The van der Waals surface area contributed by atoms with Gasteiger partial charge in [-0.05, 0) is 41.7 Å². The van der Waals surface area contributed by atoms with Crippen molar-refractivity contribution in [3.63, 3.8) is 0 Å². The van der Waals surface area contributed by atoms with Crippen LogP contribution in [0.2, 0.25) is 0 Å². The fourth-order valence-electron chi connectivity index (χ4n) is 5.79. The van der Waals surface area contributed by atoms with Gasteiger partial charge < -0.3 is 42.5 Å². The lowest BCUT2D eigenvalue weighted by molar-refractivity contribution is -0.142. The number of nitrogens with two attached hydrogens (primary N) is 2. The highest BCUT2D eigenvalue weighted by molar-refractivity contribution is 5.95. The lowest BCUT2D eigenvalue weighted by Crippen LogP contribution is -2.58. The van der Waals surface area contributed by atoms with Crippen molar-refractivity contribution in [3.05, 3.63) is 108 Å². The standard InChI is InChI=1S/C36H39N7O6/c37-26(16-21-8-2-1-3-9-21)33(45)42-30(17-22-19-39-27-12-6-4-10-24(22)27)35(47)43-31(18-23-20-40-28-13-7-5-11-25(23)28)34(46)41-29(36(48)49)14-15-32(38)44/h1-13,19-20,26,29-31,39-40H,14-18,37H2,(H2,38,44)(H,41,46)(H,42,45)(H,43,47)(H,48,49). The SMILES string of the molecule is NC(=O)CCC(NC(=O)C(Cc1c[nH]c2ccccc12)NC(=O)C(Cc1c[nH]c2ccccc12)NC(=O)C(N)Cc1ccccc1)C(=O)O. The summed E-state index contributed by atoms with van der Waals surface area (Å²) in [5, 5.41) is 19.4. The monoisotopic (exact) mass is 665 g/mol. The van der Waals surface area contributed by atoms with E-state index in [1.165, 1.54) is 0 Å². The third kappa shape index (κ3) is 8.90. The zero-order chi connectivity index (χ0) is 34.9. The van der Waals surface area contributed by atoms with Crippen molar-refractivity contribution in [2.75, 3.05) is 0 Å².